The lowest BCUT2D eigenvalue weighted by atomic mass is 10.2. The van der Waals surface area contributed by atoms with E-state index in [9.17, 15) is 4.79 Å². The molecule has 0 saturated heterocycles. The maximum absolute atomic E-state index is 12.1. The third-order valence-corrected chi connectivity index (χ3v) is 3.66. The lowest BCUT2D eigenvalue weighted by Crippen LogP contribution is -2.23. The van der Waals surface area contributed by atoms with Gasteiger partial charge in [-0.2, -0.15) is 0 Å². The average molecular weight is 343 g/mol. The zero-order valence-electron chi connectivity index (χ0n) is 12.9. The number of hydrogen-bond acceptors (Lipinski definition) is 5. The van der Waals surface area contributed by atoms with Gasteiger partial charge in [-0.3, -0.25) is 4.79 Å². The van der Waals surface area contributed by atoms with E-state index in [1.165, 1.54) is 0 Å². The maximum Gasteiger partial charge on any atom is 0.270 e. The number of amides is 1. The Hall–Kier alpha value is -2.86. The van der Waals surface area contributed by atoms with Gasteiger partial charge in [-0.25, -0.2) is 4.98 Å². The molecule has 2 heterocycles. The number of halogens is 1. The van der Waals surface area contributed by atoms with Crippen molar-refractivity contribution in [2.75, 3.05) is 5.32 Å². The Morgan fingerprint density at radius 1 is 1.25 bits per heavy atom. The fourth-order valence-corrected chi connectivity index (χ4v) is 2.29. The zero-order chi connectivity index (χ0) is 16.9. The fraction of sp³-hybridized carbons (Fsp3) is 0.118. The summed E-state index contributed by atoms with van der Waals surface area (Å²) in [6.07, 6.45) is 1.56. The van der Waals surface area contributed by atoms with Crippen molar-refractivity contribution in [1.29, 1.82) is 0 Å². The largest absolute Gasteiger partial charge is 0.360 e. The monoisotopic (exact) mass is 342 g/mol. The second-order valence-electron chi connectivity index (χ2n) is 5.15. The van der Waals surface area contributed by atoms with E-state index in [0.29, 0.717) is 34.5 Å². The van der Waals surface area contributed by atoms with E-state index in [4.69, 9.17) is 16.1 Å². The number of aromatic nitrogens is 2. The van der Waals surface area contributed by atoms with Crippen molar-refractivity contribution in [3.63, 3.8) is 0 Å². The summed E-state index contributed by atoms with van der Waals surface area (Å²) in [6.45, 7) is 2.15. The summed E-state index contributed by atoms with van der Waals surface area (Å²) in [7, 11) is 0. The van der Waals surface area contributed by atoms with Gasteiger partial charge >= 0.3 is 0 Å². The normalized spacial score (nSPS) is 10.4. The Kier molecular flexibility index (Phi) is 4.77. The Morgan fingerprint density at radius 3 is 2.75 bits per heavy atom. The SMILES string of the molecule is Cc1cc(Nc2ccc(C(=O)NCc3ccccc3Cl)nc2)no1. The first-order valence-corrected chi connectivity index (χ1v) is 7.67. The summed E-state index contributed by atoms with van der Waals surface area (Å²) in [6, 6.07) is 12.5. The van der Waals surface area contributed by atoms with Gasteiger partial charge in [0.25, 0.3) is 5.91 Å². The molecule has 0 aliphatic heterocycles. The van der Waals surface area contributed by atoms with Gasteiger partial charge in [0.2, 0.25) is 0 Å². The van der Waals surface area contributed by atoms with Gasteiger partial charge in [-0.05, 0) is 30.7 Å². The van der Waals surface area contributed by atoms with Gasteiger partial charge in [0, 0.05) is 17.6 Å². The van der Waals surface area contributed by atoms with Gasteiger partial charge in [-0.15, -0.1) is 0 Å². The number of aryl methyl sites for hydroxylation is 1. The molecular formula is C17H15ClN4O2. The van der Waals surface area contributed by atoms with E-state index in [-0.39, 0.29) is 5.91 Å². The number of benzene rings is 1. The van der Waals surface area contributed by atoms with E-state index in [2.05, 4.69) is 20.8 Å². The molecular weight excluding hydrogens is 328 g/mol. The molecule has 0 radical (unpaired) electrons. The van der Waals surface area contributed by atoms with Gasteiger partial charge in [-0.1, -0.05) is 35.0 Å². The highest BCUT2D eigenvalue weighted by Crippen LogP contribution is 2.16. The third-order valence-electron chi connectivity index (χ3n) is 3.29. The number of carbonyl (C=O) groups is 1. The Labute approximate surface area is 143 Å². The van der Waals surface area contributed by atoms with Gasteiger partial charge in [0.05, 0.1) is 11.9 Å². The Morgan fingerprint density at radius 2 is 2.08 bits per heavy atom. The molecule has 7 heteroatoms. The van der Waals surface area contributed by atoms with Crippen LogP contribution >= 0.6 is 11.6 Å². The molecule has 2 aromatic heterocycles. The summed E-state index contributed by atoms with van der Waals surface area (Å²) < 4.78 is 4.97. The minimum Gasteiger partial charge on any atom is -0.360 e. The van der Waals surface area contributed by atoms with Crippen LogP contribution in [-0.2, 0) is 6.54 Å². The molecule has 2 N–H and O–H groups in total. The van der Waals surface area contributed by atoms with Crippen LogP contribution in [0.4, 0.5) is 11.5 Å². The summed E-state index contributed by atoms with van der Waals surface area (Å²) in [5.74, 6) is 1.03. The molecule has 0 aliphatic carbocycles. The van der Waals surface area contributed by atoms with Crippen LogP contribution in [0.2, 0.25) is 5.02 Å². The molecule has 0 aliphatic rings. The Balaban J connectivity index is 1.60. The molecule has 3 aromatic rings. The summed E-state index contributed by atoms with van der Waals surface area (Å²) in [5, 5.41) is 10.3. The van der Waals surface area contributed by atoms with Crippen LogP contribution in [-0.4, -0.2) is 16.0 Å². The van der Waals surface area contributed by atoms with Crippen molar-refractivity contribution in [2.24, 2.45) is 0 Å². The molecule has 0 spiro atoms. The predicted octanol–water partition coefficient (Wildman–Crippen LogP) is 3.71. The number of rotatable bonds is 5. The van der Waals surface area contributed by atoms with Gasteiger partial charge in [0.1, 0.15) is 11.5 Å². The first-order valence-electron chi connectivity index (χ1n) is 7.30. The summed E-state index contributed by atoms with van der Waals surface area (Å²) in [4.78, 5) is 16.3. The molecule has 6 nitrogen and oxygen atoms in total. The molecule has 24 heavy (non-hydrogen) atoms. The highest BCUT2D eigenvalue weighted by Gasteiger charge is 2.08. The standard InChI is InChI=1S/C17H15ClN4O2/c1-11-8-16(22-24-11)21-13-6-7-15(19-10-13)17(23)20-9-12-4-2-3-5-14(12)18/h2-8,10H,9H2,1H3,(H,20,23)(H,21,22). The van der Waals surface area contributed by atoms with Crippen LogP contribution in [0.25, 0.3) is 0 Å². The van der Waals surface area contributed by atoms with E-state index in [1.807, 2.05) is 25.1 Å². The predicted molar refractivity (Wildman–Crippen MR) is 91.4 cm³/mol. The third kappa shape index (κ3) is 3.91. The average Bonchev–Trinajstić information content (AvgIpc) is 2.99. The summed E-state index contributed by atoms with van der Waals surface area (Å²) in [5.41, 5.74) is 1.89. The Bertz CT molecular complexity index is 846. The lowest BCUT2D eigenvalue weighted by Gasteiger charge is -2.07. The van der Waals surface area contributed by atoms with E-state index in [1.54, 1.807) is 30.5 Å². The highest BCUT2D eigenvalue weighted by molar-refractivity contribution is 6.31. The van der Waals surface area contributed by atoms with Crippen LogP contribution in [0, 0.1) is 6.92 Å². The number of anilines is 2. The molecule has 0 saturated carbocycles. The van der Waals surface area contributed by atoms with E-state index >= 15 is 0 Å². The minimum absolute atomic E-state index is 0.265. The van der Waals surface area contributed by atoms with Crippen molar-refractivity contribution < 1.29 is 9.32 Å². The van der Waals surface area contributed by atoms with Crippen molar-refractivity contribution >= 4 is 29.0 Å². The van der Waals surface area contributed by atoms with Crippen LogP contribution in [0.15, 0.2) is 53.2 Å². The van der Waals surface area contributed by atoms with Gasteiger partial charge in [0.15, 0.2) is 5.82 Å². The highest BCUT2D eigenvalue weighted by atomic mass is 35.5. The van der Waals surface area contributed by atoms with Crippen molar-refractivity contribution in [1.82, 2.24) is 15.5 Å². The molecule has 3 rings (SSSR count). The van der Waals surface area contributed by atoms with Crippen LogP contribution in [0.3, 0.4) is 0 Å². The van der Waals surface area contributed by atoms with Crippen LogP contribution in [0.1, 0.15) is 21.8 Å². The second kappa shape index (κ2) is 7.14. The fourth-order valence-electron chi connectivity index (χ4n) is 2.08. The number of nitrogens with one attached hydrogen (secondary N) is 2. The van der Waals surface area contributed by atoms with Crippen LogP contribution < -0.4 is 10.6 Å². The van der Waals surface area contributed by atoms with E-state index < -0.39 is 0 Å². The maximum atomic E-state index is 12.1. The van der Waals surface area contributed by atoms with Crippen molar-refractivity contribution in [3.8, 4) is 0 Å². The first kappa shape index (κ1) is 16.0. The molecule has 0 fully saturated rings. The number of carbonyl (C=O) groups excluding carboxylic acids is 1. The quantitative estimate of drug-likeness (QED) is 0.739. The molecule has 0 bridgehead atoms. The number of pyridine rings is 1. The smallest absolute Gasteiger partial charge is 0.270 e. The van der Waals surface area contributed by atoms with Crippen molar-refractivity contribution in [3.05, 3.63) is 70.7 Å². The topological polar surface area (TPSA) is 80.0 Å². The number of hydrogen-bond donors (Lipinski definition) is 2. The van der Waals surface area contributed by atoms with Crippen molar-refractivity contribution in [2.45, 2.75) is 13.5 Å². The van der Waals surface area contributed by atoms with Crippen LogP contribution in [0.5, 0.6) is 0 Å². The molecule has 122 valence electrons. The van der Waals surface area contributed by atoms with E-state index in [0.717, 1.165) is 5.56 Å². The first-order chi connectivity index (χ1) is 11.6. The molecule has 1 amide bonds. The second-order valence-corrected chi connectivity index (χ2v) is 5.56. The van der Waals surface area contributed by atoms with Gasteiger partial charge < -0.3 is 15.2 Å². The zero-order valence-corrected chi connectivity index (χ0v) is 13.7. The lowest BCUT2D eigenvalue weighted by molar-refractivity contribution is 0.0946. The summed E-state index contributed by atoms with van der Waals surface area (Å²) >= 11 is 6.06. The minimum atomic E-state index is -0.265. The molecule has 1 aromatic carbocycles. The number of nitrogens with zero attached hydrogens (tertiary/aromatic N) is 2. The molecule has 0 atom stereocenters. The molecule has 0 unspecified atom stereocenters.